The average molecular weight is 505 g/mol. The van der Waals surface area contributed by atoms with E-state index >= 15 is 0 Å². The van der Waals surface area contributed by atoms with E-state index in [1.54, 1.807) is 4.31 Å². The summed E-state index contributed by atoms with van der Waals surface area (Å²) in [5, 5.41) is 0. The molecule has 4 rings (SSSR count). The number of ether oxygens (including phenoxy) is 1. The Labute approximate surface area is 212 Å². The Balaban J connectivity index is 0.000000597. The molecule has 2 saturated carbocycles. The third kappa shape index (κ3) is 8.39. The van der Waals surface area contributed by atoms with E-state index in [1.807, 2.05) is 25.7 Å². The Kier molecular flexibility index (Phi) is 12.6. The van der Waals surface area contributed by atoms with Crippen LogP contribution in [0.5, 0.6) is 0 Å². The van der Waals surface area contributed by atoms with Crippen molar-refractivity contribution in [2.45, 2.75) is 138 Å². The second-order valence-corrected chi connectivity index (χ2v) is 13.4. The van der Waals surface area contributed by atoms with Crippen LogP contribution in [0.25, 0.3) is 0 Å². The number of amides is 1. The number of rotatable bonds is 1. The van der Waals surface area contributed by atoms with E-state index in [1.165, 1.54) is 76.9 Å². The van der Waals surface area contributed by atoms with Crippen LogP contribution in [-0.4, -0.2) is 60.7 Å². The number of hydrogen-bond donors (Lipinski definition) is 0. The first kappa shape index (κ1) is 33.2. The molecular weight excluding hydrogens is 448 g/mol. The summed E-state index contributed by atoms with van der Waals surface area (Å²) in [6, 6.07) is 0. The van der Waals surface area contributed by atoms with Gasteiger partial charge in [-0.3, -0.25) is 0 Å². The summed E-state index contributed by atoms with van der Waals surface area (Å²) in [5.41, 5.74) is 0.107. The molecule has 4 fully saturated rings. The molecule has 2 heterocycles. The fourth-order valence-electron chi connectivity index (χ4n) is 6.14. The number of hydrogen-bond acceptors (Lipinski definition) is 4. The molecule has 2 aliphatic carbocycles. The van der Waals surface area contributed by atoms with Gasteiger partial charge in [0.05, 0.1) is 6.26 Å². The molecule has 0 aromatic carbocycles. The lowest BCUT2D eigenvalue weighted by Gasteiger charge is -2.45. The van der Waals surface area contributed by atoms with Gasteiger partial charge in [-0.2, -0.15) is 0 Å². The standard InChI is InChI=1S/C14H25NO2.C10H19NO2S.3CH4/c1-13(2,3)17-12(16)15-11-7-6-10-14(15)8-4-5-9-14;1-14(12,13)11-8-7-10(9-11)5-3-2-4-6-10;;;/h4-11H2,1-3H3;2-9H2,1H3;3*1H4. The van der Waals surface area contributed by atoms with Crippen molar-refractivity contribution < 1.29 is 17.9 Å². The number of carbonyl (C=O) groups is 1. The highest BCUT2D eigenvalue weighted by Gasteiger charge is 2.45. The number of likely N-dealkylation sites (tertiary alicyclic amines) is 1. The highest BCUT2D eigenvalue weighted by molar-refractivity contribution is 7.88. The van der Waals surface area contributed by atoms with Crippen LogP contribution in [0.3, 0.4) is 0 Å². The monoisotopic (exact) mass is 504 g/mol. The molecule has 0 bridgehead atoms. The van der Waals surface area contributed by atoms with Crippen molar-refractivity contribution in [3.05, 3.63) is 0 Å². The molecule has 0 radical (unpaired) electrons. The molecule has 204 valence electrons. The summed E-state index contributed by atoms with van der Waals surface area (Å²) in [5.74, 6) is 0. The zero-order valence-electron chi connectivity index (χ0n) is 20.2. The largest absolute Gasteiger partial charge is 0.444 e. The van der Waals surface area contributed by atoms with Crippen LogP contribution in [0.2, 0.25) is 0 Å². The minimum absolute atomic E-state index is 0. The van der Waals surface area contributed by atoms with Gasteiger partial charge < -0.3 is 9.64 Å². The molecule has 2 saturated heterocycles. The second kappa shape index (κ2) is 12.9. The normalized spacial score (nSPS) is 23.7. The van der Waals surface area contributed by atoms with Crippen LogP contribution >= 0.6 is 0 Å². The van der Waals surface area contributed by atoms with Crippen molar-refractivity contribution in [3.63, 3.8) is 0 Å². The first-order valence-electron chi connectivity index (χ1n) is 12.4. The van der Waals surface area contributed by atoms with Gasteiger partial charge >= 0.3 is 6.09 Å². The quantitative estimate of drug-likeness (QED) is 0.378. The molecule has 7 heteroatoms. The fraction of sp³-hybridized carbons (Fsp3) is 0.963. The third-order valence-electron chi connectivity index (χ3n) is 7.78. The molecule has 0 N–H and O–H groups in total. The molecule has 0 unspecified atom stereocenters. The van der Waals surface area contributed by atoms with Crippen LogP contribution in [-0.2, 0) is 14.8 Å². The van der Waals surface area contributed by atoms with Gasteiger partial charge in [0, 0.05) is 25.2 Å². The molecule has 2 aliphatic heterocycles. The van der Waals surface area contributed by atoms with Crippen molar-refractivity contribution >= 4 is 16.1 Å². The molecule has 1 amide bonds. The van der Waals surface area contributed by atoms with E-state index in [9.17, 15) is 13.2 Å². The van der Waals surface area contributed by atoms with E-state index in [2.05, 4.69) is 0 Å². The summed E-state index contributed by atoms with van der Waals surface area (Å²) in [7, 11) is -2.94. The smallest absolute Gasteiger partial charge is 0.410 e. The summed E-state index contributed by atoms with van der Waals surface area (Å²) < 4.78 is 30.0. The maximum absolute atomic E-state index is 12.3. The zero-order chi connectivity index (χ0) is 22.8. The van der Waals surface area contributed by atoms with Gasteiger partial charge in [-0.1, -0.05) is 54.4 Å². The molecule has 4 aliphatic rings. The lowest BCUT2D eigenvalue weighted by Crippen LogP contribution is -2.54. The number of sulfonamides is 1. The van der Waals surface area contributed by atoms with Gasteiger partial charge in [0.15, 0.2) is 0 Å². The van der Waals surface area contributed by atoms with Gasteiger partial charge in [0.25, 0.3) is 0 Å². The van der Waals surface area contributed by atoms with Gasteiger partial charge in [0.1, 0.15) is 5.60 Å². The average Bonchev–Trinajstić information content (AvgIpc) is 3.30. The predicted octanol–water partition coefficient (Wildman–Crippen LogP) is 7.23. The molecule has 34 heavy (non-hydrogen) atoms. The van der Waals surface area contributed by atoms with E-state index in [-0.39, 0.29) is 39.5 Å². The molecule has 0 atom stereocenters. The SMILES string of the molecule is C.C.C.CC(C)(C)OC(=O)N1CCCCC12CCCC2.CS(=O)(=O)N1CCC2(CCCCC2)C1. The van der Waals surface area contributed by atoms with Crippen molar-refractivity contribution in [2.24, 2.45) is 5.41 Å². The molecule has 2 spiro atoms. The maximum Gasteiger partial charge on any atom is 0.410 e. The van der Waals surface area contributed by atoms with Crippen molar-refractivity contribution in [1.82, 2.24) is 9.21 Å². The van der Waals surface area contributed by atoms with Crippen LogP contribution in [0.1, 0.15) is 127 Å². The molecule has 0 aromatic rings. The topological polar surface area (TPSA) is 66.9 Å². The molecular formula is C27H56N2O4S. The zero-order valence-corrected chi connectivity index (χ0v) is 21.1. The Morgan fingerprint density at radius 2 is 1.26 bits per heavy atom. The number of piperidine rings is 1. The summed E-state index contributed by atoms with van der Waals surface area (Å²) in [4.78, 5) is 14.3. The van der Waals surface area contributed by atoms with Crippen LogP contribution < -0.4 is 0 Å². The van der Waals surface area contributed by atoms with E-state index < -0.39 is 10.0 Å². The summed E-state index contributed by atoms with van der Waals surface area (Å²) in [6.45, 7) is 8.24. The Morgan fingerprint density at radius 1 is 0.765 bits per heavy atom. The summed E-state index contributed by atoms with van der Waals surface area (Å²) in [6.07, 6.45) is 17.1. The van der Waals surface area contributed by atoms with Crippen molar-refractivity contribution in [3.8, 4) is 0 Å². The molecule has 6 nitrogen and oxygen atoms in total. The summed E-state index contributed by atoms with van der Waals surface area (Å²) >= 11 is 0. The van der Waals surface area contributed by atoms with Gasteiger partial charge in [-0.15, -0.1) is 0 Å². The fourth-order valence-corrected chi connectivity index (χ4v) is 7.07. The Hall–Kier alpha value is -0.820. The van der Waals surface area contributed by atoms with Crippen LogP contribution in [0.4, 0.5) is 4.79 Å². The lowest BCUT2D eigenvalue weighted by molar-refractivity contribution is -0.0142. The third-order valence-corrected chi connectivity index (χ3v) is 9.03. The van der Waals surface area contributed by atoms with E-state index in [4.69, 9.17) is 4.74 Å². The molecule has 0 aromatic heterocycles. The van der Waals surface area contributed by atoms with Crippen LogP contribution in [0, 0.1) is 5.41 Å². The van der Waals surface area contributed by atoms with Gasteiger partial charge in [0.2, 0.25) is 10.0 Å². The highest BCUT2D eigenvalue weighted by Crippen LogP contribution is 2.44. The van der Waals surface area contributed by atoms with Gasteiger partial charge in [-0.25, -0.2) is 17.5 Å². The predicted molar refractivity (Wildman–Crippen MR) is 145 cm³/mol. The van der Waals surface area contributed by atoms with Crippen molar-refractivity contribution in [2.75, 3.05) is 25.9 Å². The van der Waals surface area contributed by atoms with E-state index in [0.717, 1.165) is 32.5 Å². The lowest BCUT2D eigenvalue weighted by atomic mass is 9.74. The first-order chi connectivity index (χ1) is 14.4. The minimum Gasteiger partial charge on any atom is -0.444 e. The number of carbonyl (C=O) groups excluding carboxylic acids is 1. The Morgan fingerprint density at radius 3 is 1.74 bits per heavy atom. The van der Waals surface area contributed by atoms with Gasteiger partial charge in [-0.05, 0) is 77.6 Å². The highest BCUT2D eigenvalue weighted by atomic mass is 32.2. The minimum atomic E-state index is -2.94. The van der Waals surface area contributed by atoms with Crippen LogP contribution in [0.15, 0.2) is 0 Å². The second-order valence-electron chi connectivity index (χ2n) is 11.4. The Bertz CT molecular complexity index is 717. The van der Waals surface area contributed by atoms with Crippen molar-refractivity contribution in [1.29, 1.82) is 0 Å². The van der Waals surface area contributed by atoms with E-state index in [0.29, 0.717) is 5.41 Å². The number of nitrogens with zero attached hydrogens (tertiary/aromatic N) is 2. The maximum atomic E-state index is 12.3. The first-order valence-corrected chi connectivity index (χ1v) is 14.3.